The fraction of sp³-hybridized carbons (Fsp3) is 1.00. The number of hydrogen-bond donors (Lipinski definition) is 2. The van der Waals surface area contributed by atoms with Gasteiger partial charge in [0.15, 0.2) is 0 Å². The Balaban J connectivity index is 4.41. The molecule has 6 nitrogen and oxygen atoms in total. The molecule has 116 valence electrons. The van der Waals surface area contributed by atoms with E-state index in [0.29, 0.717) is 0 Å². The van der Waals surface area contributed by atoms with E-state index in [4.69, 9.17) is 9.11 Å². The highest BCUT2D eigenvalue weighted by atomic mass is 32.2. The van der Waals surface area contributed by atoms with Crippen molar-refractivity contribution in [2.45, 2.75) is 36.9 Å². The van der Waals surface area contributed by atoms with Gasteiger partial charge in [0.05, 0.1) is 5.75 Å². The summed E-state index contributed by atoms with van der Waals surface area (Å²) in [5, 5.41) is -5.61. The maximum absolute atomic E-state index is 12.9. The second kappa shape index (κ2) is 5.89. The van der Waals surface area contributed by atoms with E-state index in [-0.39, 0.29) is 12.8 Å². The van der Waals surface area contributed by atoms with Gasteiger partial charge < -0.3 is 0 Å². The molecule has 2 N–H and O–H groups in total. The second-order valence-corrected chi connectivity index (χ2v) is 6.83. The zero-order valence-corrected chi connectivity index (χ0v) is 11.0. The van der Waals surface area contributed by atoms with Crippen molar-refractivity contribution in [3.63, 3.8) is 0 Å². The monoisotopic (exact) mass is 332 g/mol. The molecule has 0 saturated heterocycles. The minimum Gasteiger partial charge on any atom is -0.286 e. The molecule has 0 aliphatic carbocycles. The van der Waals surface area contributed by atoms with Crippen LogP contribution in [0.4, 0.5) is 17.6 Å². The Kier molecular flexibility index (Phi) is 5.75. The highest BCUT2D eigenvalue weighted by Gasteiger charge is 2.64. The molecule has 0 aliphatic rings. The molecule has 0 aromatic rings. The van der Waals surface area contributed by atoms with Crippen molar-refractivity contribution in [3.8, 4) is 0 Å². The van der Waals surface area contributed by atoms with Crippen LogP contribution < -0.4 is 0 Å². The lowest BCUT2D eigenvalue weighted by Gasteiger charge is -2.23. The summed E-state index contributed by atoms with van der Waals surface area (Å²) < 4.78 is 108. The third-order valence-corrected chi connectivity index (χ3v) is 3.89. The molecule has 0 spiro atoms. The predicted octanol–water partition coefficient (Wildman–Crippen LogP) is 1.55. The molecule has 0 fully saturated rings. The number of alkyl halides is 4. The van der Waals surface area contributed by atoms with Crippen molar-refractivity contribution >= 4 is 20.2 Å². The van der Waals surface area contributed by atoms with Crippen LogP contribution in [0.5, 0.6) is 0 Å². The molecule has 0 heterocycles. The first-order chi connectivity index (χ1) is 8.21. The number of rotatable bonds is 8. The molecule has 19 heavy (non-hydrogen) atoms. The topological polar surface area (TPSA) is 109 Å². The molecule has 0 saturated carbocycles. The smallest absolute Gasteiger partial charge is 0.286 e. The summed E-state index contributed by atoms with van der Waals surface area (Å²) in [5.41, 5.74) is 0. The van der Waals surface area contributed by atoms with Gasteiger partial charge in [-0.3, -0.25) is 9.11 Å². The van der Waals surface area contributed by atoms with Crippen LogP contribution in [0.25, 0.3) is 0 Å². The summed E-state index contributed by atoms with van der Waals surface area (Å²) in [6, 6.07) is 0. The van der Waals surface area contributed by atoms with Crippen LogP contribution in [0.1, 0.15) is 25.7 Å². The Hall–Kier alpha value is -0.460. The van der Waals surface area contributed by atoms with Crippen molar-refractivity contribution in [1.82, 2.24) is 0 Å². The van der Waals surface area contributed by atoms with Crippen LogP contribution in [0.3, 0.4) is 0 Å². The summed E-state index contributed by atoms with van der Waals surface area (Å²) in [4.78, 5) is 0. The van der Waals surface area contributed by atoms with E-state index < -0.39 is 50.0 Å². The molecule has 0 aromatic heterocycles. The quantitative estimate of drug-likeness (QED) is 0.396. The third kappa shape index (κ3) is 5.58. The van der Waals surface area contributed by atoms with Crippen molar-refractivity contribution in [1.29, 1.82) is 0 Å². The van der Waals surface area contributed by atoms with E-state index in [0.717, 1.165) is 0 Å². The molecule has 0 amide bonds. The average Bonchev–Trinajstić information content (AvgIpc) is 2.12. The first-order valence-corrected chi connectivity index (χ1v) is 7.93. The molecule has 0 rings (SSSR count). The largest absolute Gasteiger partial charge is 0.431 e. The number of halogens is 4. The van der Waals surface area contributed by atoms with E-state index in [2.05, 4.69) is 0 Å². The first kappa shape index (κ1) is 18.5. The Morgan fingerprint density at radius 2 is 1.32 bits per heavy atom. The summed E-state index contributed by atoms with van der Waals surface area (Å²) >= 11 is 0. The van der Waals surface area contributed by atoms with E-state index in [1.807, 2.05) is 0 Å². The zero-order valence-electron chi connectivity index (χ0n) is 9.39. The summed E-state index contributed by atoms with van der Waals surface area (Å²) in [6.45, 7) is 0. The summed E-state index contributed by atoms with van der Waals surface area (Å²) in [5.74, 6) is -5.69. The SMILES string of the molecule is O=S(=O)(O)CCCCCC(F)(F)C(F)(F)S(=O)(=O)O. The van der Waals surface area contributed by atoms with Crippen LogP contribution in [0, 0.1) is 0 Å². The zero-order chi connectivity index (χ0) is 15.5. The normalized spacial score (nSPS) is 14.6. The molecule has 0 radical (unpaired) electrons. The van der Waals surface area contributed by atoms with E-state index in [1.165, 1.54) is 0 Å². The van der Waals surface area contributed by atoms with Crippen LogP contribution in [-0.2, 0) is 20.2 Å². The van der Waals surface area contributed by atoms with Gasteiger partial charge in [-0.2, -0.15) is 34.4 Å². The highest BCUT2D eigenvalue weighted by Crippen LogP contribution is 2.41. The highest BCUT2D eigenvalue weighted by molar-refractivity contribution is 7.87. The molecular weight excluding hydrogens is 320 g/mol. The fourth-order valence-electron chi connectivity index (χ4n) is 1.14. The van der Waals surface area contributed by atoms with Crippen LogP contribution in [-0.4, -0.2) is 42.9 Å². The van der Waals surface area contributed by atoms with Gasteiger partial charge >= 0.3 is 21.3 Å². The molecule has 0 atom stereocenters. The van der Waals surface area contributed by atoms with Gasteiger partial charge in [0, 0.05) is 6.42 Å². The minimum atomic E-state index is -6.25. The molecule has 0 aromatic carbocycles. The molecule has 0 bridgehead atoms. The maximum Gasteiger partial charge on any atom is 0.431 e. The lowest BCUT2D eigenvalue weighted by Crippen LogP contribution is -2.46. The third-order valence-electron chi connectivity index (χ3n) is 2.14. The van der Waals surface area contributed by atoms with Gasteiger partial charge in [0.1, 0.15) is 0 Å². The van der Waals surface area contributed by atoms with Gasteiger partial charge in [-0.15, -0.1) is 0 Å². The van der Waals surface area contributed by atoms with E-state index >= 15 is 0 Å². The maximum atomic E-state index is 12.9. The minimum absolute atomic E-state index is 0.239. The van der Waals surface area contributed by atoms with Gasteiger partial charge in [-0.05, 0) is 12.8 Å². The lowest BCUT2D eigenvalue weighted by molar-refractivity contribution is -0.164. The van der Waals surface area contributed by atoms with Crippen molar-refractivity contribution in [2.75, 3.05) is 5.75 Å². The van der Waals surface area contributed by atoms with Gasteiger partial charge in [-0.25, -0.2) is 0 Å². The summed E-state index contributed by atoms with van der Waals surface area (Å²) in [6.07, 6.45) is -2.64. The molecule has 0 unspecified atom stereocenters. The molecular formula is C7H12F4O6S2. The van der Waals surface area contributed by atoms with E-state index in [1.54, 1.807) is 0 Å². The fourth-order valence-corrected chi connectivity index (χ4v) is 2.19. The summed E-state index contributed by atoms with van der Waals surface area (Å²) in [7, 11) is -10.5. The first-order valence-electron chi connectivity index (χ1n) is 4.88. The van der Waals surface area contributed by atoms with Gasteiger partial charge in [0.25, 0.3) is 10.1 Å². The van der Waals surface area contributed by atoms with Gasteiger partial charge in [0.2, 0.25) is 0 Å². The Bertz CT molecular complexity index is 498. The second-order valence-electron chi connectivity index (χ2n) is 3.79. The Morgan fingerprint density at radius 3 is 1.68 bits per heavy atom. The molecule has 12 heteroatoms. The lowest BCUT2D eigenvalue weighted by atomic mass is 10.1. The number of hydrogen-bond acceptors (Lipinski definition) is 4. The van der Waals surface area contributed by atoms with Crippen LogP contribution in [0.15, 0.2) is 0 Å². The van der Waals surface area contributed by atoms with Gasteiger partial charge in [-0.1, -0.05) is 6.42 Å². The van der Waals surface area contributed by atoms with E-state index in [9.17, 15) is 34.4 Å². The number of unbranched alkanes of at least 4 members (excludes halogenated alkanes) is 2. The Labute approximate surface area is 107 Å². The average molecular weight is 332 g/mol. The predicted molar refractivity (Wildman–Crippen MR) is 56.3 cm³/mol. The van der Waals surface area contributed by atoms with Crippen molar-refractivity contribution in [2.24, 2.45) is 0 Å². The van der Waals surface area contributed by atoms with Crippen molar-refractivity contribution < 1.29 is 43.5 Å². The van der Waals surface area contributed by atoms with Crippen molar-refractivity contribution in [3.05, 3.63) is 0 Å². The van der Waals surface area contributed by atoms with Crippen LogP contribution in [0.2, 0.25) is 0 Å². The molecule has 0 aliphatic heterocycles. The van der Waals surface area contributed by atoms with Crippen LogP contribution >= 0.6 is 0 Å². The Morgan fingerprint density at radius 1 is 0.842 bits per heavy atom. The standard InChI is InChI=1S/C7H12F4O6S2/c8-6(9,7(10,11)19(15,16)17)4-2-1-3-5-18(12,13)14/h1-5H2,(H,12,13,14)(H,15,16,17).